The van der Waals surface area contributed by atoms with E-state index in [2.05, 4.69) is 43.5 Å². The van der Waals surface area contributed by atoms with Crippen molar-refractivity contribution in [2.45, 2.75) is 398 Å². The Morgan fingerprint density at radius 3 is 0.988 bits per heavy atom. The summed E-state index contributed by atoms with van der Waals surface area (Å²) in [6.45, 7) is 4.70. The Morgan fingerprint density at radius 2 is 0.690 bits per heavy atom. The molecule has 0 heterocycles. The van der Waals surface area contributed by atoms with Gasteiger partial charge in [0.25, 0.3) is 7.82 Å². The maximum atomic E-state index is 13.0. The first kappa shape index (κ1) is 82.7. The number of hydrogen-bond acceptors (Lipinski definition) is 6. The topological polar surface area (TPSA) is 108 Å². The standard InChI is InChI=1S/C75H147N2O6P/c1-6-8-10-12-14-16-18-20-22-24-26-28-29-30-31-32-33-34-35-36-37-38-39-40-41-42-43-44-45-46-47-49-51-53-55-57-59-61-63-65-67-69-75(79)76-73(72-83-84(80,81)82-71-70-77(3,4)5)74(78)68-66-64-62-60-58-56-54-52-50-48-27-25-23-21-19-17-15-13-11-9-7-2/h18,20,24,26,66,68,73-74,78H,6-17,19,21-23,25,27-65,67,69-72H2,1-5H3,(H-,76,79,80,81)/b20-18-,26-24-,68-66+. The fraction of sp³-hybridized carbons (Fsp3) is 0.907. The Kier molecular flexibility index (Phi) is 65.1. The summed E-state index contributed by atoms with van der Waals surface area (Å²) in [7, 11) is 1.28. The molecule has 0 rings (SSSR count). The second kappa shape index (κ2) is 66.1. The number of carbonyl (C=O) groups is 1. The van der Waals surface area contributed by atoms with Gasteiger partial charge in [0.1, 0.15) is 13.2 Å². The van der Waals surface area contributed by atoms with Crippen LogP contribution in [0, 0.1) is 0 Å². The van der Waals surface area contributed by atoms with Crippen LogP contribution in [0.25, 0.3) is 0 Å². The van der Waals surface area contributed by atoms with E-state index in [4.69, 9.17) is 9.05 Å². The minimum absolute atomic E-state index is 0.00184. The van der Waals surface area contributed by atoms with Gasteiger partial charge >= 0.3 is 0 Å². The van der Waals surface area contributed by atoms with E-state index in [1.165, 1.54) is 321 Å². The van der Waals surface area contributed by atoms with E-state index >= 15 is 0 Å². The van der Waals surface area contributed by atoms with Gasteiger partial charge in [0.2, 0.25) is 5.91 Å². The van der Waals surface area contributed by atoms with Crippen LogP contribution in [0.15, 0.2) is 36.5 Å². The second-order valence-electron chi connectivity index (χ2n) is 27.0. The summed E-state index contributed by atoms with van der Waals surface area (Å²) >= 11 is 0. The number of phosphoric acid groups is 1. The molecule has 84 heavy (non-hydrogen) atoms. The molecule has 0 saturated carbocycles. The van der Waals surface area contributed by atoms with Gasteiger partial charge in [-0.05, 0) is 51.4 Å². The summed E-state index contributed by atoms with van der Waals surface area (Å²) in [6.07, 6.45) is 88.7. The first-order chi connectivity index (χ1) is 41.0. The number of unbranched alkanes of at least 4 members (excludes halogenated alkanes) is 53. The Hall–Kier alpha value is -1.28. The number of aliphatic hydroxyl groups is 1. The highest BCUT2D eigenvalue weighted by molar-refractivity contribution is 7.45. The van der Waals surface area contributed by atoms with E-state index in [0.29, 0.717) is 17.4 Å². The molecule has 1 amide bonds. The zero-order valence-corrected chi connectivity index (χ0v) is 58.0. The quantitative estimate of drug-likeness (QED) is 0.0272. The number of allylic oxidation sites excluding steroid dienone is 5. The van der Waals surface area contributed by atoms with Crippen molar-refractivity contribution in [1.82, 2.24) is 5.32 Å². The van der Waals surface area contributed by atoms with E-state index in [0.717, 1.165) is 44.9 Å². The van der Waals surface area contributed by atoms with E-state index in [1.807, 2.05) is 27.2 Å². The normalized spacial score (nSPS) is 13.8. The third-order valence-electron chi connectivity index (χ3n) is 17.3. The lowest BCUT2D eigenvalue weighted by Crippen LogP contribution is -2.45. The average Bonchev–Trinajstić information content (AvgIpc) is 3.56. The minimum atomic E-state index is -4.60. The van der Waals surface area contributed by atoms with Crippen LogP contribution in [0.2, 0.25) is 0 Å². The van der Waals surface area contributed by atoms with E-state index in [-0.39, 0.29) is 19.1 Å². The lowest BCUT2D eigenvalue weighted by atomic mass is 10.0. The molecule has 3 unspecified atom stereocenters. The molecule has 3 atom stereocenters. The molecule has 0 aromatic rings. The monoisotopic (exact) mass is 1200 g/mol. The number of amides is 1. The lowest BCUT2D eigenvalue weighted by molar-refractivity contribution is -0.870. The van der Waals surface area contributed by atoms with Gasteiger partial charge in [-0.1, -0.05) is 365 Å². The second-order valence-corrected chi connectivity index (χ2v) is 28.4. The summed E-state index contributed by atoms with van der Waals surface area (Å²) in [5.74, 6) is -0.188. The van der Waals surface area contributed by atoms with Gasteiger partial charge in [0.05, 0.1) is 39.9 Å². The zero-order valence-electron chi connectivity index (χ0n) is 57.1. The first-order valence-electron chi connectivity index (χ1n) is 37.4. The Bertz CT molecular complexity index is 1460. The zero-order chi connectivity index (χ0) is 61.2. The number of likely N-dealkylation sites (N-methyl/N-ethyl adjacent to an activating group) is 1. The molecule has 2 N–H and O–H groups in total. The molecular formula is C75H147N2O6P. The molecule has 0 aliphatic rings. The third kappa shape index (κ3) is 68.2. The van der Waals surface area contributed by atoms with Crippen LogP contribution in [0.4, 0.5) is 0 Å². The van der Waals surface area contributed by atoms with Gasteiger partial charge in [-0.2, -0.15) is 0 Å². The summed E-state index contributed by atoms with van der Waals surface area (Å²) in [5, 5.41) is 14.0. The molecular weight excluding hydrogens is 1060 g/mol. The maximum Gasteiger partial charge on any atom is 0.268 e. The molecule has 0 fully saturated rings. The van der Waals surface area contributed by atoms with E-state index < -0.39 is 20.0 Å². The van der Waals surface area contributed by atoms with Crippen LogP contribution in [0.1, 0.15) is 386 Å². The van der Waals surface area contributed by atoms with E-state index in [9.17, 15) is 19.4 Å². The lowest BCUT2D eigenvalue weighted by Gasteiger charge is -2.29. The largest absolute Gasteiger partial charge is 0.756 e. The highest BCUT2D eigenvalue weighted by atomic mass is 31.2. The molecule has 498 valence electrons. The number of nitrogens with one attached hydrogen (secondary N) is 1. The van der Waals surface area contributed by atoms with E-state index in [1.54, 1.807) is 6.08 Å². The fourth-order valence-electron chi connectivity index (χ4n) is 11.5. The molecule has 9 heteroatoms. The molecule has 0 spiro atoms. The summed E-state index contributed by atoms with van der Waals surface area (Å²) in [6, 6.07) is -0.885. The number of carbonyl (C=O) groups excluding carboxylic acids is 1. The summed E-state index contributed by atoms with van der Waals surface area (Å²) in [5.41, 5.74) is 0. The fourth-order valence-corrected chi connectivity index (χ4v) is 12.3. The Morgan fingerprint density at radius 1 is 0.417 bits per heavy atom. The van der Waals surface area contributed by atoms with Gasteiger partial charge in [0.15, 0.2) is 0 Å². The smallest absolute Gasteiger partial charge is 0.268 e. The number of rotatable bonds is 70. The minimum Gasteiger partial charge on any atom is -0.756 e. The highest BCUT2D eigenvalue weighted by Gasteiger charge is 2.23. The molecule has 0 aromatic carbocycles. The predicted molar refractivity (Wildman–Crippen MR) is 367 cm³/mol. The van der Waals surface area contributed by atoms with Crippen molar-refractivity contribution < 1.29 is 32.9 Å². The summed E-state index contributed by atoms with van der Waals surface area (Å²) in [4.78, 5) is 25.6. The van der Waals surface area contributed by atoms with Gasteiger partial charge < -0.3 is 28.8 Å². The molecule has 0 bridgehead atoms. The van der Waals surface area contributed by atoms with Crippen molar-refractivity contribution in [1.29, 1.82) is 0 Å². The van der Waals surface area contributed by atoms with Gasteiger partial charge in [0, 0.05) is 6.42 Å². The van der Waals surface area contributed by atoms with Crippen molar-refractivity contribution in [2.24, 2.45) is 0 Å². The van der Waals surface area contributed by atoms with Crippen LogP contribution in [-0.2, 0) is 18.4 Å². The van der Waals surface area contributed by atoms with Gasteiger partial charge in [-0.15, -0.1) is 0 Å². The predicted octanol–water partition coefficient (Wildman–Crippen LogP) is 23.4. The Balaban J connectivity index is 3.89. The van der Waals surface area contributed by atoms with Crippen molar-refractivity contribution in [3.05, 3.63) is 36.5 Å². The maximum absolute atomic E-state index is 13.0. The van der Waals surface area contributed by atoms with Crippen LogP contribution < -0.4 is 10.2 Å². The first-order valence-corrected chi connectivity index (χ1v) is 38.8. The van der Waals surface area contributed by atoms with Crippen LogP contribution in [-0.4, -0.2) is 68.5 Å². The van der Waals surface area contributed by atoms with Crippen molar-refractivity contribution in [2.75, 3.05) is 40.9 Å². The molecule has 0 aliphatic heterocycles. The van der Waals surface area contributed by atoms with Crippen molar-refractivity contribution in [3.63, 3.8) is 0 Å². The Labute approximate surface area is 525 Å². The molecule has 0 aliphatic carbocycles. The van der Waals surface area contributed by atoms with Crippen LogP contribution in [0.5, 0.6) is 0 Å². The van der Waals surface area contributed by atoms with Gasteiger partial charge in [-0.3, -0.25) is 9.36 Å². The number of aliphatic hydroxyl groups excluding tert-OH is 1. The molecule has 8 nitrogen and oxygen atoms in total. The number of phosphoric ester groups is 1. The van der Waals surface area contributed by atoms with Crippen LogP contribution >= 0.6 is 7.82 Å². The number of quaternary nitrogens is 1. The molecule has 0 saturated heterocycles. The van der Waals surface area contributed by atoms with Crippen molar-refractivity contribution >= 4 is 13.7 Å². The number of hydrogen-bond donors (Lipinski definition) is 2. The SMILES string of the molecule is CCCCCCC/C=C\C/C=C\CCCCCCCCCCCCCCCCCCCCCCCCCCCCCCCC(=O)NC(COP(=O)([O-])OCC[N+](C)(C)C)C(O)/C=C/CCCCCCCCCCCCCCCCCCCCC. The molecule has 0 radical (unpaired) electrons. The summed E-state index contributed by atoms with van der Waals surface area (Å²) < 4.78 is 23.5. The average molecular weight is 1200 g/mol. The molecule has 0 aromatic heterocycles. The highest BCUT2D eigenvalue weighted by Crippen LogP contribution is 2.38. The number of nitrogens with zero attached hydrogens (tertiary/aromatic N) is 1. The van der Waals surface area contributed by atoms with Crippen LogP contribution in [0.3, 0.4) is 0 Å². The third-order valence-corrected chi connectivity index (χ3v) is 18.3. The van der Waals surface area contributed by atoms with Crippen molar-refractivity contribution in [3.8, 4) is 0 Å². The van der Waals surface area contributed by atoms with Gasteiger partial charge in [-0.25, -0.2) is 0 Å².